The fraction of sp³-hybridized carbons (Fsp3) is 0.625. The molecule has 1 saturated heterocycles. The molecule has 0 aromatic carbocycles. The minimum atomic E-state index is -0.232. The van der Waals surface area contributed by atoms with Gasteiger partial charge in [-0.3, -0.25) is 0 Å². The van der Waals surface area contributed by atoms with Gasteiger partial charge in [0.1, 0.15) is 0 Å². The summed E-state index contributed by atoms with van der Waals surface area (Å²) in [4.78, 5) is 5.34. The zero-order valence-electron chi connectivity index (χ0n) is 6.95. The van der Waals surface area contributed by atoms with Gasteiger partial charge in [-0.05, 0) is 19.9 Å². The number of aliphatic hydroxyl groups excluding tert-OH is 1. The van der Waals surface area contributed by atoms with E-state index in [1.807, 2.05) is 12.4 Å². The molecule has 3 nitrogen and oxygen atoms in total. The lowest BCUT2D eigenvalue weighted by Gasteiger charge is -2.12. The van der Waals surface area contributed by atoms with Gasteiger partial charge in [-0.25, -0.2) is 4.98 Å². The number of hydrogen-bond acceptors (Lipinski definition) is 4. The van der Waals surface area contributed by atoms with Crippen LogP contribution in [-0.2, 0) is 0 Å². The van der Waals surface area contributed by atoms with E-state index in [1.165, 1.54) is 4.88 Å². The van der Waals surface area contributed by atoms with Crippen molar-refractivity contribution in [3.63, 3.8) is 0 Å². The number of aliphatic hydroxyl groups is 1. The maximum atomic E-state index is 9.60. The van der Waals surface area contributed by atoms with Crippen LogP contribution in [0.2, 0.25) is 0 Å². The molecule has 1 aromatic heterocycles. The van der Waals surface area contributed by atoms with Crippen molar-refractivity contribution in [3.05, 3.63) is 16.1 Å². The fourth-order valence-electron chi connectivity index (χ4n) is 1.57. The lowest BCUT2D eigenvalue weighted by Crippen LogP contribution is -2.20. The summed E-state index contributed by atoms with van der Waals surface area (Å²) in [5.41, 5.74) is 2.87. The first-order chi connectivity index (χ1) is 5.79. The Balaban J connectivity index is 2.24. The molecule has 12 heavy (non-hydrogen) atoms. The van der Waals surface area contributed by atoms with Crippen molar-refractivity contribution in [1.29, 1.82) is 0 Å². The van der Waals surface area contributed by atoms with Gasteiger partial charge in [0.15, 0.2) is 0 Å². The van der Waals surface area contributed by atoms with Gasteiger partial charge in [0, 0.05) is 4.88 Å². The summed E-state index contributed by atoms with van der Waals surface area (Å²) in [6.45, 7) is 2.89. The van der Waals surface area contributed by atoms with E-state index in [0.29, 0.717) is 0 Å². The monoisotopic (exact) mass is 184 g/mol. The summed E-state index contributed by atoms with van der Waals surface area (Å²) in [6, 6.07) is 0.123. The van der Waals surface area contributed by atoms with E-state index in [4.69, 9.17) is 0 Å². The quantitative estimate of drug-likeness (QED) is 0.680. The number of nitrogens with one attached hydrogen (secondary N) is 1. The van der Waals surface area contributed by atoms with Crippen LogP contribution >= 0.6 is 11.3 Å². The molecular formula is C8H12N2OS. The molecule has 1 aliphatic heterocycles. The van der Waals surface area contributed by atoms with Crippen molar-refractivity contribution in [3.8, 4) is 0 Å². The number of nitrogens with zero attached hydrogens (tertiary/aromatic N) is 1. The van der Waals surface area contributed by atoms with Crippen molar-refractivity contribution in [1.82, 2.24) is 10.3 Å². The van der Waals surface area contributed by atoms with Crippen LogP contribution in [0.4, 0.5) is 0 Å². The normalized spacial score (nSPS) is 29.5. The minimum absolute atomic E-state index is 0.123. The first kappa shape index (κ1) is 8.16. The molecule has 2 heterocycles. The smallest absolute Gasteiger partial charge is 0.0798 e. The number of thiazole rings is 1. The largest absolute Gasteiger partial charge is 0.391 e. The minimum Gasteiger partial charge on any atom is -0.391 e. The topological polar surface area (TPSA) is 45.2 Å². The number of rotatable bonds is 1. The summed E-state index contributed by atoms with van der Waals surface area (Å²) < 4.78 is 0. The highest BCUT2D eigenvalue weighted by atomic mass is 32.1. The molecule has 2 unspecified atom stereocenters. The number of aromatic nitrogens is 1. The van der Waals surface area contributed by atoms with Crippen LogP contribution in [-0.4, -0.2) is 22.7 Å². The predicted molar refractivity (Wildman–Crippen MR) is 48.2 cm³/mol. The summed E-state index contributed by atoms with van der Waals surface area (Å²) in [5, 5.41) is 12.9. The van der Waals surface area contributed by atoms with Gasteiger partial charge < -0.3 is 10.4 Å². The van der Waals surface area contributed by atoms with Crippen LogP contribution in [0.3, 0.4) is 0 Å². The van der Waals surface area contributed by atoms with E-state index in [2.05, 4.69) is 10.3 Å². The highest BCUT2D eigenvalue weighted by molar-refractivity contribution is 7.09. The van der Waals surface area contributed by atoms with Crippen molar-refractivity contribution >= 4 is 11.3 Å². The summed E-state index contributed by atoms with van der Waals surface area (Å²) in [6.07, 6.45) is 0.617. The van der Waals surface area contributed by atoms with E-state index >= 15 is 0 Å². The van der Waals surface area contributed by atoms with E-state index in [0.717, 1.165) is 18.7 Å². The zero-order chi connectivity index (χ0) is 8.55. The van der Waals surface area contributed by atoms with Crippen LogP contribution in [0.1, 0.15) is 23.0 Å². The first-order valence-electron chi connectivity index (χ1n) is 4.10. The van der Waals surface area contributed by atoms with Crippen LogP contribution in [0.5, 0.6) is 0 Å². The Morgan fingerprint density at radius 1 is 1.75 bits per heavy atom. The molecule has 66 valence electrons. The summed E-state index contributed by atoms with van der Waals surface area (Å²) >= 11 is 1.62. The van der Waals surface area contributed by atoms with Crippen LogP contribution in [0.15, 0.2) is 5.51 Å². The van der Waals surface area contributed by atoms with Crippen LogP contribution < -0.4 is 5.32 Å². The third kappa shape index (κ3) is 1.26. The third-order valence-electron chi connectivity index (χ3n) is 2.25. The number of hydrogen-bond donors (Lipinski definition) is 2. The van der Waals surface area contributed by atoms with Gasteiger partial charge in [0.2, 0.25) is 0 Å². The van der Waals surface area contributed by atoms with Crippen molar-refractivity contribution in [2.24, 2.45) is 0 Å². The average molecular weight is 184 g/mol. The second-order valence-electron chi connectivity index (χ2n) is 3.09. The average Bonchev–Trinajstić information content (AvgIpc) is 2.59. The Bertz CT molecular complexity index is 274. The lowest BCUT2D eigenvalue weighted by atomic mass is 10.1. The summed E-state index contributed by atoms with van der Waals surface area (Å²) in [7, 11) is 0. The van der Waals surface area contributed by atoms with Gasteiger partial charge in [-0.15, -0.1) is 11.3 Å². The van der Waals surface area contributed by atoms with Crippen molar-refractivity contribution in [2.45, 2.75) is 25.5 Å². The lowest BCUT2D eigenvalue weighted by molar-refractivity contribution is 0.161. The zero-order valence-corrected chi connectivity index (χ0v) is 7.77. The maximum absolute atomic E-state index is 9.60. The molecule has 2 rings (SSSR count). The molecule has 0 amide bonds. The fourth-order valence-corrected chi connectivity index (χ4v) is 2.50. The van der Waals surface area contributed by atoms with Crippen LogP contribution in [0, 0.1) is 6.92 Å². The Labute approximate surface area is 75.5 Å². The van der Waals surface area contributed by atoms with Gasteiger partial charge in [0.25, 0.3) is 0 Å². The Morgan fingerprint density at radius 3 is 3.08 bits per heavy atom. The van der Waals surface area contributed by atoms with Gasteiger partial charge in [0.05, 0.1) is 23.4 Å². The van der Waals surface area contributed by atoms with E-state index < -0.39 is 0 Å². The standard InChI is InChI=1S/C8H12N2OS/c1-5-8(12-4-10-5)7-6(11)2-3-9-7/h4,6-7,9,11H,2-3H2,1H3. The second kappa shape index (κ2) is 3.12. The molecule has 0 saturated carbocycles. The number of aryl methyl sites for hydroxylation is 1. The Hall–Kier alpha value is -0.450. The first-order valence-corrected chi connectivity index (χ1v) is 4.98. The second-order valence-corrected chi connectivity index (χ2v) is 3.98. The molecular weight excluding hydrogens is 172 g/mol. The maximum Gasteiger partial charge on any atom is 0.0798 e. The van der Waals surface area contributed by atoms with E-state index in [1.54, 1.807) is 11.3 Å². The molecule has 4 heteroatoms. The van der Waals surface area contributed by atoms with Crippen LogP contribution in [0.25, 0.3) is 0 Å². The Morgan fingerprint density at radius 2 is 2.58 bits per heavy atom. The molecule has 0 spiro atoms. The predicted octanol–water partition coefficient (Wildman–Crippen LogP) is 0.847. The third-order valence-corrected chi connectivity index (χ3v) is 3.27. The Kier molecular flexibility index (Phi) is 2.12. The van der Waals surface area contributed by atoms with Gasteiger partial charge in [-0.2, -0.15) is 0 Å². The van der Waals surface area contributed by atoms with Crippen molar-refractivity contribution < 1.29 is 5.11 Å². The molecule has 0 bridgehead atoms. The molecule has 1 aromatic rings. The van der Waals surface area contributed by atoms with E-state index in [-0.39, 0.29) is 12.1 Å². The van der Waals surface area contributed by atoms with Crippen molar-refractivity contribution in [2.75, 3.05) is 6.54 Å². The SMILES string of the molecule is Cc1ncsc1C1NCCC1O. The summed E-state index contributed by atoms with van der Waals surface area (Å²) in [5.74, 6) is 0. The molecule has 0 radical (unpaired) electrons. The molecule has 0 aliphatic carbocycles. The highest BCUT2D eigenvalue weighted by Crippen LogP contribution is 2.28. The molecule has 1 aliphatic rings. The molecule has 2 atom stereocenters. The van der Waals surface area contributed by atoms with Gasteiger partial charge >= 0.3 is 0 Å². The van der Waals surface area contributed by atoms with Gasteiger partial charge in [-0.1, -0.05) is 0 Å². The molecule has 1 fully saturated rings. The molecule has 2 N–H and O–H groups in total. The highest BCUT2D eigenvalue weighted by Gasteiger charge is 2.28. The van der Waals surface area contributed by atoms with E-state index in [9.17, 15) is 5.11 Å².